The number of nitrogens with zero attached hydrogens (tertiary/aromatic N) is 2. The molecular weight excluding hydrogens is 690 g/mol. The maximum atomic E-state index is 14.7. The summed E-state index contributed by atoms with van der Waals surface area (Å²) in [7, 11) is -4.91. The quantitative estimate of drug-likeness (QED) is 0.0840. The standard InChI is InChI=1S/C35H37Cl2N4O7P/c1-15-11-38-30-23(42)6-21-27(25(15)30)18(9-36)13-40(21)32(43)34(4)8-20-29(34)17(3)35(20,5)33(44)41-14-19(10-37)28-22(41)7-24(48-49(45,46)47)31-26(28)16(2)12-39-31/h6-8,11-12,17-19,29,38-39,42H,9-10,13-14H2,1-5H3,(H2,45,46,47)/t17?,18-,19-,29?,34?,35?/m1/s1. The molecule has 2 aliphatic carbocycles. The highest BCUT2D eigenvalue weighted by molar-refractivity contribution is 7.46. The number of halogens is 2. The molecule has 49 heavy (non-hydrogen) atoms. The van der Waals surface area contributed by atoms with Crippen molar-refractivity contribution < 1.29 is 33.6 Å². The molecule has 258 valence electrons. The third-order valence-electron chi connectivity index (χ3n) is 11.9. The fourth-order valence-electron chi connectivity index (χ4n) is 9.45. The van der Waals surface area contributed by atoms with E-state index < -0.39 is 18.7 Å². The summed E-state index contributed by atoms with van der Waals surface area (Å²) < 4.78 is 17.0. The minimum atomic E-state index is -4.91. The highest BCUT2D eigenvalue weighted by Crippen LogP contribution is 2.70. The number of phenolic OH excluding ortho intramolecular Hbond substituents is 1. The van der Waals surface area contributed by atoms with Crippen molar-refractivity contribution >= 4 is 76.0 Å². The number of benzene rings is 2. The summed E-state index contributed by atoms with van der Waals surface area (Å²) in [5.74, 6) is -0.364. The van der Waals surface area contributed by atoms with Crippen molar-refractivity contribution in [2.24, 2.45) is 22.7 Å². The Balaban J connectivity index is 1.15. The number of amides is 2. The van der Waals surface area contributed by atoms with Crippen molar-refractivity contribution in [3.63, 3.8) is 0 Å². The Morgan fingerprint density at radius 1 is 0.939 bits per heavy atom. The van der Waals surface area contributed by atoms with Gasteiger partial charge < -0.3 is 29.4 Å². The number of hydrogen-bond acceptors (Lipinski definition) is 5. The second-order valence-electron chi connectivity index (χ2n) is 14.5. The van der Waals surface area contributed by atoms with Crippen molar-refractivity contribution in [3.8, 4) is 11.5 Å². The van der Waals surface area contributed by atoms with Crippen LogP contribution >= 0.6 is 31.0 Å². The van der Waals surface area contributed by atoms with Crippen LogP contribution in [0.25, 0.3) is 21.8 Å². The number of alkyl halides is 2. The Kier molecular flexibility index (Phi) is 7.03. The molecule has 4 heterocycles. The number of phenols is 1. The smallest absolute Gasteiger partial charge is 0.506 e. The number of H-pyrrole nitrogens is 2. The van der Waals surface area contributed by atoms with Crippen molar-refractivity contribution in [1.82, 2.24) is 9.97 Å². The Morgan fingerprint density at radius 2 is 1.47 bits per heavy atom. The number of hydrogen-bond donors (Lipinski definition) is 5. The van der Waals surface area contributed by atoms with E-state index in [9.17, 15) is 29.0 Å². The Hall–Kier alpha value is -3.47. The van der Waals surface area contributed by atoms with Gasteiger partial charge in [0.2, 0.25) is 11.8 Å². The number of carbonyl (C=O) groups is 2. The number of aryl methyl sites for hydroxylation is 2. The lowest BCUT2D eigenvalue weighted by atomic mass is 9.38. The third kappa shape index (κ3) is 4.20. The molecule has 2 aromatic heterocycles. The highest BCUT2D eigenvalue weighted by atomic mass is 35.5. The van der Waals surface area contributed by atoms with E-state index in [0.29, 0.717) is 41.4 Å². The molecule has 0 saturated heterocycles. The monoisotopic (exact) mass is 726 g/mol. The number of aromatic amines is 2. The molecule has 2 aliphatic heterocycles. The van der Waals surface area contributed by atoms with Crippen LogP contribution in [-0.4, -0.2) is 61.5 Å². The van der Waals surface area contributed by atoms with Crippen LogP contribution in [0.1, 0.15) is 54.9 Å². The summed E-state index contributed by atoms with van der Waals surface area (Å²) in [4.78, 5) is 58.2. The molecular formula is C35H37Cl2N4O7P. The number of aromatic nitrogens is 2. The van der Waals surface area contributed by atoms with Crippen LogP contribution in [-0.2, 0) is 14.2 Å². The second kappa shape index (κ2) is 10.5. The third-order valence-corrected chi connectivity index (χ3v) is 13.1. The van der Waals surface area contributed by atoms with Gasteiger partial charge >= 0.3 is 7.82 Å². The number of fused-ring (bicyclic) bond motifs is 7. The molecule has 4 unspecified atom stereocenters. The predicted molar refractivity (Wildman–Crippen MR) is 189 cm³/mol. The maximum absolute atomic E-state index is 14.7. The molecule has 0 radical (unpaired) electrons. The molecule has 5 N–H and O–H groups in total. The van der Waals surface area contributed by atoms with Crippen molar-refractivity contribution in [2.45, 2.75) is 46.5 Å². The minimum absolute atomic E-state index is 0.0479. The number of nitrogens with one attached hydrogen (secondary N) is 2. The number of aromatic hydroxyl groups is 1. The maximum Gasteiger partial charge on any atom is 0.524 e. The lowest BCUT2D eigenvalue weighted by Crippen LogP contribution is -2.68. The van der Waals surface area contributed by atoms with Gasteiger partial charge in [0.05, 0.1) is 33.2 Å². The van der Waals surface area contributed by atoms with Crippen molar-refractivity contribution in [2.75, 3.05) is 34.6 Å². The summed E-state index contributed by atoms with van der Waals surface area (Å²) >= 11 is 12.9. The van der Waals surface area contributed by atoms with E-state index in [-0.39, 0.29) is 52.9 Å². The van der Waals surface area contributed by atoms with E-state index in [1.165, 1.54) is 6.07 Å². The van der Waals surface area contributed by atoms with Gasteiger partial charge in [0.1, 0.15) is 5.75 Å². The molecule has 0 spiro atoms. The van der Waals surface area contributed by atoms with Gasteiger partial charge in [-0.2, -0.15) is 0 Å². The van der Waals surface area contributed by atoms with E-state index in [0.717, 1.165) is 38.6 Å². The van der Waals surface area contributed by atoms with Crippen molar-refractivity contribution in [3.05, 3.63) is 58.4 Å². The molecule has 14 heteroatoms. The van der Waals surface area contributed by atoms with Crippen LogP contribution < -0.4 is 14.3 Å². The van der Waals surface area contributed by atoms with Gasteiger partial charge in [-0.25, -0.2) is 4.57 Å². The molecule has 4 aromatic rings. The molecule has 1 saturated carbocycles. The molecule has 11 nitrogen and oxygen atoms in total. The average molecular weight is 728 g/mol. The van der Waals surface area contributed by atoms with E-state index in [4.69, 9.17) is 27.7 Å². The molecule has 1 fully saturated rings. The summed E-state index contributed by atoms with van der Waals surface area (Å²) in [6, 6.07) is 3.16. The summed E-state index contributed by atoms with van der Waals surface area (Å²) in [6.07, 6.45) is 5.52. The van der Waals surface area contributed by atoms with Gasteiger partial charge in [-0.15, -0.1) is 23.2 Å². The van der Waals surface area contributed by atoms with E-state index >= 15 is 0 Å². The van der Waals surface area contributed by atoms with E-state index in [1.807, 2.05) is 46.9 Å². The average Bonchev–Trinajstić information content (AvgIpc) is 3.81. The topological polar surface area (TPSA) is 159 Å². The van der Waals surface area contributed by atoms with Gasteiger partial charge in [0.25, 0.3) is 0 Å². The van der Waals surface area contributed by atoms with Gasteiger partial charge in [-0.1, -0.05) is 18.6 Å². The summed E-state index contributed by atoms with van der Waals surface area (Å²) in [5, 5.41) is 12.5. The Labute approximate surface area is 292 Å². The number of rotatable bonds is 6. The summed E-state index contributed by atoms with van der Waals surface area (Å²) in [5.41, 5.74) is 4.96. The minimum Gasteiger partial charge on any atom is -0.506 e. The van der Waals surface area contributed by atoms with Crippen LogP contribution in [0.4, 0.5) is 11.4 Å². The SMILES string of the molecule is Cc1c[nH]c2c(O)cc3c(c12)[C@H](CCl)CN3C(=O)C1(C)C=C2C1C(C)C2(C)C(=O)N1C[C@@H](CCl)c2c1cc(OP(=O)(O)O)c1[nH]cc(C)c21. The Bertz CT molecular complexity index is 2220. The zero-order valence-electron chi connectivity index (χ0n) is 27.6. The molecule has 8 rings (SSSR count). The molecule has 2 amide bonds. The molecule has 6 atom stereocenters. The van der Waals surface area contributed by atoms with Crippen LogP contribution in [0.2, 0.25) is 0 Å². The zero-order chi connectivity index (χ0) is 35.1. The van der Waals surface area contributed by atoms with Crippen LogP contribution in [0.15, 0.2) is 36.2 Å². The van der Waals surface area contributed by atoms with E-state index in [2.05, 4.69) is 9.97 Å². The van der Waals surface area contributed by atoms with E-state index in [1.54, 1.807) is 22.1 Å². The predicted octanol–water partition coefficient (Wildman–Crippen LogP) is 6.70. The van der Waals surface area contributed by atoms with Gasteiger partial charge in [0.15, 0.2) is 5.75 Å². The first-order valence-corrected chi connectivity index (χ1v) is 18.9. The first-order valence-electron chi connectivity index (χ1n) is 16.3. The Morgan fingerprint density at radius 3 is 2.02 bits per heavy atom. The second-order valence-corrected chi connectivity index (χ2v) is 16.3. The zero-order valence-corrected chi connectivity index (χ0v) is 30.0. The lowest BCUT2D eigenvalue weighted by Gasteiger charge is -2.65. The molecule has 0 bridgehead atoms. The number of carbonyl (C=O) groups excluding carboxylic acids is 2. The van der Waals surface area contributed by atoms with Gasteiger partial charge in [0, 0.05) is 77.9 Å². The van der Waals surface area contributed by atoms with Crippen LogP contribution in [0, 0.1) is 36.5 Å². The highest BCUT2D eigenvalue weighted by Gasteiger charge is 2.70. The van der Waals surface area contributed by atoms with Crippen molar-refractivity contribution in [1.29, 1.82) is 0 Å². The van der Waals surface area contributed by atoms with Gasteiger partial charge in [-0.05, 0) is 55.9 Å². The molecule has 4 aliphatic rings. The fraction of sp³-hybridized carbons (Fsp3) is 0.429. The first-order chi connectivity index (χ1) is 23.1. The first kappa shape index (κ1) is 32.7. The lowest BCUT2D eigenvalue weighted by molar-refractivity contribution is -0.147. The molecule has 2 aromatic carbocycles. The summed E-state index contributed by atoms with van der Waals surface area (Å²) in [6.45, 7) is 10.4. The van der Waals surface area contributed by atoms with Crippen LogP contribution in [0.3, 0.4) is 0 Å². The number of phosphoric acid groups is 1. The number of phosphoric ester groups is 1. The largest absolute Gasteiger partial charge is 0.524 e. The van der Waals surface area contributed by atoms with Gasteiger partial charge in [-0.3, -0.25) is 19.4 Å². The van der Waals surface area contributed by atoms with Crippen LogP contribution in [0.5, 0.6) is 11.5 Å². The normalized spacial score (nSPS) is 28.6. The number of anilines is 2. The fourth-order valence-corrected chi connectivity index (χ4v) is 10.4.